The van der Waals surface area contributed by atoms with Gasteiger partial charge < -0.3 is 15.2 Å². The average Bonchev–Trinajstić information content (AvgIpc) is 3.41. The van der Waals surface area contributed by atoms with E-state index < -0.39 is 23.8 Å². The highest BCUT2D eigenvalue weighted by molar-refractivity contribution is 7.17. The van der Waals surface area contributed by atoms with Gasteiger partial charge in [-0.3, -0.25) is 9.59 Å². The van der Waals surface area contributed by atoms with E-state index in [2.05, 4.69) is 12.2 Å². The SMILES string of the molecule is CCC1CCc2c(sc(NC(=O)C3C4CCC(C4=C(C)C)C3C(=O)O)c2C(=O)OC)C1. The van der Waals surface area contributed by atoms with Crippen molar-refractivity contribution in [2.24, 2.45) is 29.6 Å². The van der Waals surface area contributed by atoms with Crippen LogP contribution in [0.2, 0.25) is 0 Å². The van der Waals surface area contributed by atoms with E-state index in [0.29, 0.717) is 16.5 Å². The average molecular weight is 446 g/mol. The van der Waals surface area contributed by atoms with Crippen molar-refractivity contribution in [3.63, 3.8) is 0 Å². The minimum absolute atomic E-state index is 0.0308. The first-order valence-electron chi connectivity index (χ1n) is 11.2. The van der Waals surface area contributed by atoms with Crippen LogP contribution in [0.3, 0.4) is 0 Å². The quantitative estimate of drug-likeness (QED) is 0.507. The minimum Gasteiger partial charge on any atom is -0.481 e. The number of nitrogens with one attached hydrogen (secondary N) is 1. The molecule has 5 atom stereocenters. The van der Waals surface area contributed by atoms with Crippen LogP contribution in [0.4, 0.5) is 5.00 Å². The Bertz CT molecular complexity index is 957. The Morgan fingerprint density at radius 3 is 2.39 bits per heavy atom. The zero-order chi connectivity index (χ0) is 22.4. The van der Waals surface area contributed by atoms with E-state index in [1.54, 1.807) is 0 Å². The van der Waals surface area contributed by atoms with Crippen LogP contribution in [0.15, 0.2) is 11.1 Å². The van der Waals surface area contributed by atoms with E-state index in [0.717, 1.165) is 60.1 Å². The largest absolute Gasteiger partial charge is 0.481 e. The molecule has 2 bridgehead atoms. The number of allylic oxidation sites excluding steroid dienone is 2. The first-order chi connectivity index (χ1) is 14.8. The third-order valence-corrected chi connectivity index (χ3v) is 8.75. The van der Waals surface area contributed by atoms with E-state index in [4.69, 9.17) is 4.74 Å². The van der Waals surface area contributed by atoms with Gasteiger partial charge >= 0.3 is 11.9 Å². The maximum absolute atomic E-state index is 13.4. The van der Waals surface area contributed by atoms with Crippen LogP contribution in [0, 0.1) is 29.6 Å². The summed E-state index contributed by atoms with van der Waals surface area (Å²) in [5, 5.41) is 13.4. The van der Waals surface area contributed by atoms with Crippen molar-refractivity contribution >= 4 is 34.2 Å². The number of carboxylic acid groups (broad SMARTS) is 1. The number of carboxylic acids is 1. The smallest absolute Gasteiger partial charge is 0.341 e. The van der Waals surface area contributed by atoms with Crippen molar-refractivity contribution in [3.8, 4) is 0 Å². The normalized spacial score (nSPS) is 28.9. The lowest BCUT2D eigenvalue weighted by Gasteiger charge is -2.26. The molecule has 2 N–H and O–H groups in total. The van der Waals surface area contributed by atoms with Crippen LogP contribution in [-0.4, -0.2) is 30.1 Å². The highest BCUT2D eigenvalue weighted by Gasteiger charge is 2.57. The maximum Gasteiger partial charge on any atom is 0.341 e. The molecule has 2 saturated carbocycles. The molecule has 0 saturated heterocycles. The first kappa shape index (κ1) is 22.1. The van der Waals surface area contributed by atoms with Crippen molar-refractivity contribution in [2.75, 3.05) is 12.4 Å². The summed E-state index contributed by atoms with van der Waals surface area (Å²) in [4.78, 5) is 39.3. The zero-order valence-electron chi connectivity index (χ0n) is 18.6. The molecule has 168 valence electrons. The number of ether oxygens (including phenoxy) is 1. The number of carbonyl (C=O) groups excluding carboxylic acids is 2. The van der Waals surface area contributed by atoms with E-state index in [-0.39, 0.29) is 17.7 Å². The number of esters is 1. The van der Waals surface area contributed by atoms with E-state index in [1.807, 2.05) is 13.8 Å². The van der Waals surface area contributed by atoms with Crippen LogP contribution in [0.1, 0.15) is 67.3 Å². The molecule has 1 amide bonds. The number of aliphatic carboxylic acids is 1. The van der Waals surface area contributed by atoms with Gasteiger partial charge in [0.05, 0.1) is 24.5 Å². The number of hydrogen-bond acceptors (Lipinski definition) is 5. The zero-order valence-corrected chi connectivity index (χ0v) is 19.4. The number of amides is 1. The van der Waals surface area contributed by atoms with Gasteiger partial charge in [0.25, 0.3) is 0 Å². The van der Waals surface area contributed by atoms with Gasteiger partial charge in [-0.15, -0.1) is 11.3 Å². The molecule has 4 rings (SSSR count). The molecule has 3 aliphatic rings. The van der Waals surface area contributed by atoms with E-state index in [1.165, 1.54) is 18.4 Å². The fourth-order valence-corrected chi connectivity index (χ4v) is 7.56. The predicted octanol–water partition coefficient (Wildman–Crippen LogP) is 4.68. The summed E-state index contributed by atoms with van der Waals surface area (Å²) in [6.45, 7) is 6.19. The standard InChI is InChI=1S/C24H31NO5S/c1-5-12-6-7-13-16(10-12)31-22(20(13)24(29)30-4)25-21(26)18-14-8-9-15(17(14)11(2)3)19(18)23(27)28/h12,14-15,18-19H,5-10H2,1-4H3,(H,25,26)(H,27,28). The topological polar surface area (TPSA) is 92.7 Å². The number of carbonyl (C=O) groups is 3. The lowest BCUT2D eigenvalue weighted by Crippen LogP contribution is -2.38. The third-order valence-electron chi connectivity index (χ3n) is 7.58. The van der Waals surface area contributed by atoms with Crippen LogP contribution < -0.4 is 5.32 Å². The summed E-state index contributed by atoms with van der Waals surface area (Å²) in [5.41, 5.74) is 3.73. The van der Waals surface area contributed by atoms with Crippen LogP contribution >= 0.6 is 11.3 Å². The Morgan fingerprint density at radius 2 is 1.81 bits per heavy atom. The van der Waals surface area contributed by atoms with Gasteiger partial charge in [0.2, 0.25) is 5.91 Å². The van der Waals surface area contributed by atoms with E-state index >= 15 is 0 Å². The molecule has 1 heterocycles. The minimum atomic E-state index is -0.907. The van der Waals surface area contributed by atoms with Gasteiger partial charge in [0, 0.05) is 4.88 Å². The number of methoxy groups -OCH3 is 1. The molecule has 5 unspecified atom stereocenters. The number of anilines is 1. The predicted molar refractivity (Wildman–Crippen MR) is 119 cm³/mol. The third kappa shape index (κ3) is 3.60. The van der Waals surface area contributed by atoms with Crippen molar-refractivity contribution in [3.05, 3.63) is 27.2 Å². The molecular formula is C24H31NO5S. The molecular weight excluding hydrogens is 414 g/mol. The number of fused-ring (bicyclic) bond motifs is 3. The Labute approximate surface area is 187 Å². The van der Waals surface area contributed by atoms with Crippen molar-refractivity contribution in [1.29, 1.82) is 0 Å². The van der Waals surface area contributed by atoms with Crippen molar-refractivity contribution < 1.29 is 24.2 Å². The van der Waals surface area contributed by atoms with E-state index in [9.17, 15) is 19.5 Å². The molecule has 3 aliphatic carbocycles. The monoisotopic (exact) mass is 445 g/mol. The Hall–Kier alpha value is -2.15. The lowest BCUT2D eigenvalue weighted by molar-refractivity contribution is -0.148. The van der Waals surface area contributed by atoms with Crippen LogP contribution in [0.25, 0.3) is 0 Å². The Kier molecular flexibility index (Phi) is 5.99. The molecule has 2 fully saturated rings. The van der Waals surface area contributed by atoms with Gasteiger partial charge in [0.15, 0.2) is 0 Å². The molecule has 6 nitrogen and oxygen atoms in total. The summed E-state index contributed by atoms with van der Waals surface area (Å²) in [7, 11) is 1.35. The maximum atomic E-state index is 13.4. The van der Waals surface area contributed by atoms with Crippen molar-refractivity contribution in [1.82, 2.24) is 0 Å². The number of thiophene rings is 1. The summed E-state index contributed by atoms with van der Waals surface area (Å²) in [5.74, 6) is -2.44. The molecule has 0 aliphatic heterocycles. The molecule has 1 aromatic rings. The van der Waals surface area contributed by atoms with Gasteiger partial charge in [-0.2, -0.15) is 0 Å². The summed E-state index contributed by atoms with van der Waals surface area (Å²) < 4.78 is 5.03. The molecule has 0 spiro atoms. The second kappa shape index (κ2) is 8.41. The summed E-state index contributed by atoms with van der Waals surface area (Å²) >= 11 is 1.46. The van der Waals surface area contributed by atoms with Crippen molar-refractivity contribution in [2.45, 2.75) is 59.3 Å². The summed E-state index contributed by atoms with van der Waals surface area (Å²) in [6.07, 6.45) is 5.49. The number of hydrogen-bond donors (Lipinski definition) is 2. The van der Waals surface area contributed by atoms with Gasteiger partial charge in [-0.25, -0.2) is 4.79 Å². The highest BCUT2D eigenvalue weighted by atomic mass is 32.1. The van der Waals surface area contributed by atoms with Crippen LogP contribution in [-0.2, 0) is 27.2 Å². The molecule has 7 heteroatoms. The number of rotatable bonds is 5. The fraction of sp³-hybridized carbons (Fsp3) is 0.625. The van der Waals surface area contributed by atoms with Gasteiger partial charge in [-0.1, -0.05) is 24.5 Å². The first-order valence-corrected chi connectivity index (χ1v) is 12.0. The van der Waals surface area contributed by atoms with Gasteiger partial charge in [0.1, 0.15) is 5.00 Å². The fourth-order valence-electron chi connectivity index (χ4n) is 6.21. The molecule has 31 heavy (non-hydrogen) atoms. The molecule has 0 radical (unpaired) electrons. The van der Waals surface area contributed by atoms with Crippen LogP contribution in [0.5, 0.6) is 0 Å². The second-order valence-electron chi connectivity index (χ2n) is 9.34. The Balaban J connectivity index is 1.67. The molecule has 0 aromatic carbocycles. The highest BCUT2D eigenvalue weighted by Crippen LogP contribution is 2.57. The van der Waals surface area contributed by atoms with Gasteiger partial charge in [-0.05, 0) is 69.3 Å². The molecule has 1 aromatic heterocycles. The Morgan fingerprint density at radius 1 is 1.13 bits per heavy atom. The summed E-state index contributed by atoms with van der Waals surface area (Å²) in [6, 6.07) is 0. The second-order valence-corrected chi connectivity index (χ2v) is 10.4. The lowest BCUT2D eigenvalue weighted by atomic mass is 9.78.